The Morgan fingerprint density at radius 3 is 2.72 bits per heavy atom. The van der Waals surface area contributed by atoms with E-state index in [4.69, 9.17) is 10.2 Å². The minimum Gasteiger partial charge on any atom is -0.454 e. The molecule has 92 valence electrons. The lowest BCUT2D eigenvalue weighted by molar-refractivity contribution is 0.250. The van der Waals surface area contributed by atoms with Gasteiger partial charge >= 0.3 is 0 Å². The summed E-state index contributed by atoms with van der Waals surface area (Å²) in [5.41, 5.74) is 8.85. The first-order valence-electron chi connectivity index (χ1n) is 6.55. The molecule has 3 aliphatic heterocycles. The number of rotatable bonds is 1. The van der Waals surface area contributed by atoms with Gasteiger partial charge in [0.1, 0.15) is 5.76 Å². The number of hydrogen-bond donors (Lipinski definition) is 1. The van der Waals surface area contributed by atoms with Crippen molar-refractivity contribution < 1.29 is 4.42 Å². The Morgan fingerprint density at radius 1 is 1.22 bits per heavy atom. The van der Waals surface area contributed by atoms with Crippen LogP contribution in [0.2, 0.25) is 0 Å². The molecule has 0 saturated carbocycles. The smallest absolute Gasteiger partial charge is 0.157 e. The maximum absolute atomic E-state index is 5.97. The number of nitrogen functional groups attached to an aromatic ring is 1. The van der Waals surface area contributed by atoms with Gasteiger partial charge in [-0.05, 0) is 30.9 Å². The third-order valence-electron chi connectivity index (χ3n) is 4.15. The molecule has 1 fully saturated rings. The van der Waals surface area contributed by atoms with E-state index in [1.807, 2.05) is 12.1 Å². The molecule has 5 rings (SSSR count). The molecular weight excluding hydrogens is 224 g/mol. The molecule has 3 nitrogen and oxygen atoms in total. The first-order valence-corrected chi connectivity index (χ1v) is 6.55. The van der Waals surface area contributed by atoms with Gasteiger partial charge in [0, 0.05) is 30.2 Å². The Bertz CT molecular complexity index is 633. The number of anilines is 1. The number of hydrogen-bond acceptors (Lipinski definition) is 3. The standard InChI is InChI=1S/C15H16N2O/c16-13-3-1-2-11-8-14(18-15(11)13)12-9-17-6-4-10(12)5-7-17/h1-3,8-10H,4-7,16H2. The zero-order valence-electron chi connectivity index (χ0n) is 10.2. The first kappa shape index (κ1) is 10.1. The number of allylic oxidation sites excluding steroid dienone is 1. The molecule has 0 amide bonds. The molecule has 4 heterocycles. The Morgan fingerprint density at radius 2 is 2.06 bits per heavy atom. The highest BCUT2D eigenvalue weighted by molar-refractivity contribution is 5.90. The van der Waals surface area contributed by atoms with Crippen LogP contribution in [0.25, 0.3) is 16.5 Å². The molecule has 0 spiro atoms. The van der Waals surface area contributed by atoms with Crippen molar-refractivity contribution in [1.82, 2.24) is 4.90 Å². The van der Waals surface area contributed by atoms with Gasteiger partial charge in [-0.25, -0.2) is 0 Å². The van der Waals surface area contributed by atoms with E-state index in [1.165, 1.54) is 31.5 Å². The Hall–Kier alpha value is -1.90. The van der Waals surface area contributed by atoms with Crippen LogP contribution in [0.1, 0.15) is 18.6 Å². The van der Waals surface area contributed by atoms with Gasteiger partial charge in [0.05, 0.1) is 5.69 Å². The number of para-hydroxylation sites is 1. The fraction of sp³-hybridized carbons (Fsp3) is 0.333. The summed E-state index contributed by atoms with van der Waals surface area (Å²) in [6, 6.07) is 8.04. The maximum Gasteiger partial charge on any atom is 0.157 e. The fourth-order valence-corrected chi connectivity index (χ4v) is 3.13. The van der Waals surface area contributed by atoms with Crippen molar-refractivity contribution in [1.29, 1.82) is 0 Å². The third-order valence-corrected chi connectivity index (χ3v) is 4.15. The van der Waals surface area contributed by atoms with E-state index in [-0.39, 0.29) is 0 Å². The van der Waals surface area contributed by atoms with Gasteiger partial charge in [0.15, 0.2) is 5.58 Å². The van der Waals surface area contributed by atoms with Gasteiger partial charge < -0.3 is 15.1 Å². The summed E-state index contributed by atoms with van der Waals surface area (Å²) in [6.07, 6.45) is 4.77. The largest absolute Gasteiger partial charge is 0.454 e. The minimum atomic E-state index is 0.664. The third kappa shape index (κ3) is 1.37. The highest BCUT2D eigenvalue weighted by atomic mass is 16.3. The minimum absolute atomic E-state index is 0.664. The van der Waals surface area contributed by atoms with Crippen LogP contribution in [-0.4, -0.2) is 18.0 Å². The molecule has 0 radical (unpaired) electrons. The Kier molecular flexibility index (Phi) is 1.98. The second-order valence-electron chi connectivity index (χ2n) is 5.27. The van der Waals surface area contributed by atoms with Crippen molar-refractivity contribution in [3.8, 4) is 0 Å². The quantitative estimate of drug-likeness (QED) is 0.779. The number of benzene rings is 1. The molecule has 1 saturated heterocycles. The Balaban J connectivity index is 1.86. The molecule has 3 heteroatoms. The van der Waals surface area contributed by atoms with Crippen LogP contribution in [0.15, 0.2) is 34.9 Å². The number of nitrogens with two attached hydrogens (primary N) is 1. The summed E-state index contributed by atoms with van der Waals surface area (Å²) < 4.78 is 5.97. The summed E-state index contributed by atoms with van der Waals surface area (Å²) in [7, 11) is 0. The zero-order valence-corrected chi connectivity index (χ0v) is 10.2. The highest BCUT2D eigenvalue weighted by Gasteiger charge is 2.29. The predicted molar refractivity (Wildman–Crippen MR) is 72.9 cm³/mol. The second kappa shape index (κ2) is 3.55. The average molecular weight is 240 g/mol. The van der Waals surface area contributed by atoms with Gasteiger partial charge in [-0.15, -0.1) is 0 Å². The van der Waals surface area contributed by atoms with E-state index in [1.54, 1.807) is 0 Å². The van der Waals surface area contributed by atoms with Crippen LogP contribution in [0.3, 0.4) is 0 Å². The summed E-state index contributed by atoms with van der Waals surface area (Å²) in [5, 5.41) is 1.10. The highest BCUT2D eigenvalue weighted by Crippen LogP contribution is 2.39. The van der Waals surface area contributed by atoms with Crippen LogP contribution >= 0.6 is 0 Å². The van der Waals surface area contributed by atoms with Gasteiger partial charge in [0.25, 0.3) is 0 Å². The topological polar surface area (TPSA) is 42.4 Å². The number of fused-ring (bicyclic) bond motifs is 3. The molecule has 2 aromatic rings. The molecule has 2 N–H and O–H groups in total. The molecule has 0 unspecified atom stereocenters. The summed E-state index contributed by atoms with van der Waals surface area (Å²) in [4.78, 5) is 2.39. The van der Waals surface area contributed by atoms with E-state index in [9.17, 15) is 0 Å². The maximum atomic E-state index is 5.97. The van der Waals surface area contributed by atoms with Crippen LogP contribution in [0.4, 0.5) is 5.69 Å². The Labute approximate surface area is 106 Å². The van der Waals surface area contributed by atoms with Crippen molar-refractivity contribution >= 4 is 22.2 Å². The van der Waals surface area contributed by atoms with Gasteiger partial charge in [-0.2, -0.15) is 0 Å². The summed E-state index contributed by atoms with van der Waals surface area (Å²) in [5.74, 6) is 1.66. The predicted octanol–water partition coefficient (Wildman–Crippen LogP) is 3.08. The van der Waals surface area contributed by atoms with Gasteiger partial charge in [0.2, 0.25) is 0 Å². The number of furan rings is 1. The summed E-state index contributed by atoms with van der Waals surface area (Å²) in [6.45, 7) is 2.38. The number of piperidine rings is 1. The van der Waals surface area contributed by atoms with Crippen LogP contribution in [0.5, 0.6) is 0 Å². The monoisotopic (exact) mass is 240 g/mol. The molecule has 0 atom stereocenters. The number of nitrogens with zero attached hydrogens (tertiary/aromatic N) is 1. The van der Waals surface area contributed by atoms with Crippen LogP contribution in [0, 0.1) is 5.92 Å². The normalized spacial score (nSPS) is 19.6. The average Bonchev–Trinajstić information content (AvgIpc) is 2.85. The van der Waals surface area contributed by atoms with E-state index < -0.39 is 0 Å². The molecule has 3 aliphatic rings. The second-order valence-corrected chi connectivity index (χ2v) is 5.27. The molecule has 0 aliphatic carbocycles. The van der Waals surface area contributed by atoms with Gasteiger partial charge in [-0.1, -0.05) is 12.1 Å². The van der Waals surface area contributed by atoms with E-state index >= 15 is 0 Å². The van der Waals surface area contributed by atoms with Crippen molar-refractivity contribution in [3.05, 3.63) is 36.2 Å². The van der Waals surface area contributed by atoms with Crippen LogP contribution < -0.4 is 5.73 Å². The molecule has 18 heavy (non-hydrogen) atoms. The van der Waals surface area contributed by atoms with E-state index in [0.717, 1.165) is 22.4 Å². The lowest BCUT2D eigenvalue weighted by Crippen LogP contribution is -2.35. The fourth-order valence-electron chi connectivity index (χ4n) is 3.13. The molecular formula is C15H16N2O. The SMILES string of the molecule is Nc1cccc2cc(C3=CN4CCC3CC4)oc12. The van der Waals surface area contributed by atoms with Crippen molar-refractivity contribution in [2.75, 3.05) is 18.8 Å². The van der Waals surface area contributed by atoms with Crippen LogP contribution in [-0.2, 0) is 0 Å². The lowest BCUT2D eigenvalue weighted by Gasteiger charge is -2.38. The van der Waals surface area contributed by atoms with E-state index in [2.05, 4.69) is 23.2 Å². The molecule has 1 aromatic heterocycles. The van der Waals surface area contributed by atoms with Crippen molar-refractivity contribution in [2.24, 2.45) is 5.92 Å². The molecule has 1 aromatic carbocycles. The lowest BCUT2D eigenvalue weighted by atomic mass is 9.84. The molecule has 2 bridgehead atoms. The zero-order chi connectivity index (χ0) is 12.1. The van der Waals surface area contributed by atoms with Crippen molar-refractivity contribution in [3.63, 3.8) is 0 Å². The van der Waals surface area contributed by atoms with Crippen molar-refractivity contribution in [2.45, 2.75) is 12.8 Å². The first-order chi connectivity index (χ1) is 8.81. The van der Waals surface area contributed by atoms with E-state index in [0.29, 0.717) is 5.92 Å². The van der Waals surface area contributed by atoms with Gasteiger partial charge in [-0.3, -0.25) is 0 Å². The summed E-state index contributed by atoms with van der Waals surface area (Å²) >= 11 is 0.